The number of hydrogen-bond acceptors (Lipinski definition) is 4. The van der Waals surface area contributed by atoms with Gasteiger partial charge in [-0.2, -0.15) is 5.10 Å². The van der Waals surface area contributed by atoms with E-state index in [0.29, 0.717) is 16.9 Å². The van der Waals surface area contributed by atoms with E-state index < -0.39 is 34.8 Å². The average molecular weight is 448 g/mol. The van der Waals surface area contributed by atoms with Gasteiger partial charge < -0.3 is 10.5 Å². The highest BCUT2D eigenvalue weighted by Crippen LogP contribution is 2.52. The monoisotopic (exact) mass is 447 g/mol. The van der Waals surface area contributed by atoms with Gasteiger partial charge in [0.05, 0.1) is 0 Å². The Morgan fingerprint density at radius 1 is 1.31 bits per heavy atom. The highest BCUT2D eigenvalue weighted by atomic mass is 35.5. The molecule has 29 heavy (non-hydrogen) atoms. The van der Waals surface area contributed by atoms with Crippen LogP contribution < -0.4 is 15.9 Å². The summed E-state index contributed by atoms with van der Waals surface area (Å²) in [5.74, 6) is -1.04. The molecule has 0 radical (unpaired) electrons. The number of fused-ring (bicyclic) bond motifs is 1. The SMILES string of the molecule is NC(=O)NN=CC1CSc2ccc(F)cc2C1(Cl)c1ccc(OC(F)(F)F)cc1. The number of primary amides is 1. The summed E-state index contributed by atoms with van der Waals surface area (Å²) in [7, 11) is 0. The molecule has 5 nitrogen and oxygen atoms in total. The Kier molecular flexibility index (Phi) is 5.95. The maximum atomic E-state index is 14.0. The number of rotatable bonds is 4. The van der Waals surface area contributed by atoms with Gasteiger partial charge in [-0.1, -0.05) is 12.1 Å². The minimum absolute atomic E-state index is 0.410. The van der Waals surface area contributed by atoms with Crippen LogP contribution in [0.4, 0.5) is 22.4 Å². The summed E-state index contributed by atoms with van der Waals surface area (Å²) in [5, 5.41) is 3.76. The number of nitrogens with two attached hydrogens (primary N) is 1. The first-order chi connectivity index (χ1) is 13.6. The smallest absolute Gasteiger partial charge is 0.406 e. The molecule has 2 amide bonds. The van der Waals surface area contributed by atoms with Crippen LogP contribution in [0, 0.1) is 11.7 Å². The molecule has 1 aliphatic heterocycles. The number of hydrogen-bond donors (Lipinski definition) is 2. The maximum absolute atomic E-state index is 14.0. The summed E-state index contributed by atoms with van der Waals surface area (Å²) in [6, 6.07) is 8.30. The molecule has 2 aromatic carbocycles. The second kappa shape index (κ2) is 8.11. The number of carbonyl (C=O) groups excluding carboxylic acids is 1. The van der Waals surface area contributed by atoms with E-state index >= 15 is 0 Å². The zero-order valence-electron chi connectivity index (χ0n) is 14.5. The van der Waals surface area contributed by atoms with Crippen LogP contribution in [-0.2, 0) is 4.87 Å². The van der Waals surface area contributed by atoms with E-state index in [2.05, 4.69) is 15.3 Å². The summed E-state index contributed by atoms with van der Waals surface area (Å²) < 4.78 is 55.1. The molecule has 2 unspecified atom stereocenters. The molecule has 0 saturated carbocycles. The lowest BCUT2D eigenvalue weighted by molar-refractivity contribution is -0.274. The number of nitrogens with one attached hydrogen (secondary N) is 1. The average Bonchev–Trinajstić information content (AvgIpc) is 2.63. The van der Waals surface area contributed by atoms with Crippen LogP contribution in [0.2, 0.25) is 0 Å². The molecule has 0 spiro atoms. The number of benzene rings is 2. The first-order valence-corrected chi connectivity index (χ1v) is 9.52. The molecule has 0 saturated heterocycles. The lowest BCUT2D eigenvalue weighted by Crippen LogP contribution is -2.38. The van der Waals surface area contributed by atoms with Gasteiger partial charge in [0.2, 0.25) is 0 Å². The molecular weight excluding hydrogens is 434 g/mol. The molecule has 2 atom stereocenters. The lowest BCUT2D eigenvalue weighted by Gasteiger charge is -2.39. The van der Waals surface area contributed by atoms with Gasteiger partial charge >= 0.3 is 12.4 Å². The van der Waals surface area contributed by atoms with Gasteiger partial charge in [-0.25, -0.2) is 14.6 Å². The standard InChI is InChI=1S/C18H14ClF4N3O2S/c19-17(10-1-4-13(5-2-10)28-18(21,22)23)11(8-25-26-16(24)27)9-29-15-6-3-12(20)7-14(15)17/h1-8,11H,9H2,(H3,24,26,27). The van der Waals surface area contributed by atoms with Crippen molar-refractivity contribution in [3.8, 4) is 5.75 Å². The van der Waals surface area contributed by atoms with Crippen LogP contribution in [0.25, 0.3) is 0 Å². The molecule has 0 bridgehead atoms. The van der Waals surface area contributed by atoms with Crippen molar-refractivity contribution in [1.29, 1.82) is 0 Å². The quantitative estimate of drug-likeness (QED) is 0.312. The van der Waals surface area contributed by atoms with Crippen molar-refractivity contribution in [2.45, 2.75) is 16.1 Å². The number of carbonyl (C=O) groups is 1. The van der Waals surface area contributed by atoms with E-state index in [1.54, 1.807) is 6.07 Å². The number of ether oxygens (including phenoxy) is 1. The number of halogens is 5. The summed E-state index contributed by atoms with van der Waals surface area (Å²) in [6.45, 7) is 0. The first-order valence-electron chi connectivity index (χ1n) is 8.16. The molecular formula is C18H14ClF4N3O2S. The number of nitrogens with zero attached hydrogens (tertiary/aromatic N) is 1. The molecule has 1 aliphatic rings. The summed E-state index contributed by atoms with van der Waals surface area (Å²) in [4.78, 5) is 10.3. The molecule has 0 aromatic heterocycles. The fraction of sp³-hybridized carbons (Fsp3) is 0.222. The minimum Gasteiger partial charge on any atom is -0.406 e. The number of urea groups is 1. The third kappa shape index (κ3) is 4.76. The predicted molar refractivity (Wildman–Crippen MR) is 102 cm³/mol. The highest BCUT2D eigenvalue weighted by molar-refractivity contribution is 7.99. The summed E-state index contributed by atoms with van der Waals surface area (Å²) in [6.07, 6.45) is -3.45. The van der Waals surface area contributed by atoms with Crippen LogP contribution >= 0.6 is 23.4 Å². The number of thioether (sulfide) groups is 1. The Balaban J connectivity index is 2.05. The van der Waals surface area contributed by atoms with Crippen molar-refractivity contribution >= 4 is 35.6 Å². The maximum Gasteiger partial charge on any atom is 0.573 e. The molecule has 1 heterocycles. The zero-order chi connectivity index (χ0) is 21.2. The van der Waals surface area contributed by atoms with Crippen molar-refractivity contribution in [3.05, 3.63) is 59.4 Å². The number of amides is 2. The van der Waals surface area contributed by atoms with Crippen molar-refractivity contribution in [3.63, 3.8) is 0 Å². The van der Waals surface area contributed by atoms with Gasteiger partial charge in [0.1, 0.15) is 16.4 Å². The van der Waals surface area contributed by atoms with Crippen LogP contribution in [0.1, 0.15) is 11.1 Å². The Morgan fingerprint density at radius 2 is 2.00 bits per heavy atom. The molecule has 0 aliphatic carbocycles. The van der Waals surface area contributed by atoms with Crippen molar-refractivity contribution in [1.82, 2.24) is 5.43 Å². The van der Waals surface area contributed by atoms with E-state index in [0.717, 1.165) is 17.0 Å². The van der Waals surface area contributed by atoms with Gasteiger partial charge in [0, 0.05) is 22.8 Å². The Morgan fingerprint density at radius 3 is 2.62 bits per heavy atom. The second-order valence-electron chi connectivity index (χ2n) is 6.10. The molecule has 154 valence electrons. The number of alkyl halides is 4. The van der Waals surface area contributed by atoms with Gasteiger partial charge in [-0.05, 0) is 41.5 Å². The normalized spacial score (nSPS) is 21.6. The second-order valence-corrected chi connectivity index (χ2v) is 7.75. The fourth-order valence-electron chi connectivity index (χ4n) is 3.01. The Labute approximate surface area is 172 Å². The third-order valence-electron chi connectivity index (χ3n) is 4.20. The van der Waals surface area contributed by atoms with E-state index in [-0.39, 0.29) is 0 Å². The van der Waals surface area contributed by atoms with Gasteiger partial charge in [-0.3, -0.25) is 0 Å². The Bertz CT molecular complexity index is 940. The van der Waals surface area contributed by atoms with E-state index in [1.165, 1.54) is 42.2 Å². The zero-order valence-corrected chi connectivity index (χ0v) is 16.1. The largest absolute Gasteiger partial charge is 0.573 e. The van der Waals surface area contributed by atoms with E-state index in [4.69, 9.17) is 17.3 Å². The third-order valence-corrected chi connectivity index (χ3v) is 6.10. The van der Waals surface area contributed by atoms with Crippen molar-refractivity contribution < 1.29 is 27.1 Å². The molecule has 0 fully saturated rings. The van der Waals surface area contributed by atoms with Gasteiger partial charge in [0.25, 0.3) is 0 Å². The van der Waals surface area contributed by atoms with E-state index in [9.17, 15) is 22.4 Å². The van der Waals surface area contributed by atoms with Gasteiger partial charge in [0.15, 0.2) is 0 Å². The molecule has 2 aromatic rings. The fourth-order valence-corrected chi connectivity index (χ4v) is 4.81. The molecule has 11 heteroatoms. The Hall–Kier alpha value is -2.46. The minimum atomic E-state index is -4.83. The van der Waals surface area contributed by atoms with Crippen molar-refractivity contribution in [2.24, 2.45) is 16.8 Å². The van der Waals surface area contributed by atoms with Gasteiger partial charge in [-0.15, -0.1) is 36.5 Å². The summed E-state index contributed by atoms with van der Waals surface area (Å²) in [5.41, 5.74) is 7.92. The lowest BCUT2D eigenvalue weighted by atomic mass is 9.80. The van der Waals surface area contributed by atoms with Crippen LogP contribution in [0.3, 0.4) is 0 Å². The van der Waals surface area contributed by atoms with E-state index in [1.807, 2.05) is 0 Å². The van der Waals surface area contributed by atoms with Crippen molar-refractivity contribution in [2.75, 3.05) is 5.75 Å². The molecule has 3 rings (SSSR count). The van der Waals surface area contributed by atoms with Crippen LogP contribution in [0.15, 0.2) is 52.5 Å². The van der Waals surface area contributed by atoms with Crippen LogP contribution in [0.5, 0.6) is 5.75 Å². The van der Waals surface area contributed by atoms with Crippen LogP contribution in [-0.4, -0.2) is 24.4 Å². The highest BCUT2D eigenvalue weighted by Gasteiger charge is 2.44. The first kappa shape index (κ1) is 21.3. The topological polar surface area (TPSA) is 76.7 Å². The summed E-state index contributed by atoms with van der Waals surface area (Å²) >= 11 is 8.40. The number of hydrazone groups is 1. The molecule has 3 N–H and O–H groups in total. The predicted octanol–water partition coefficient (Wildman–Crippen LogP) is 4.58.